The van der Waals surface area contributed by atoms with E-state index in [4.69, 9.17) is 0 Å². The van der Waals surface area contributed by atoms with Crippen molar-refractivity contribution in [2.45, 2.75) is 26.8 Å². The molecule has 0 aliphatic carbocycles. The van der Waals surface area contributed by atoms with Crippen molar-refractivity contribution in [1.29, 1.82) is 0 Å². The smallest absolute Gasteiger partial charge is 0.244 e. The highest BCUT2D eigenvalue weighted by Crippen LogP contribution is 2.20. The number of aryl methyl sites for hydroxylation is 2. The van der Waals surface area contributed by atoms with Crippen LogP contribution in [-0.4, -0.2) is 5.91 Å². The number of hydrogen-bond donors (Lipinski definition) is 1. The second kappa shape index (κ2) is 7.35. The van der Waals surface area contributed by atoms with Gasteiger partial charge in [-0.05, 0) is 60.4 Å². The fraction of sp³-hybridized carbons (Fsp3) is 0.174. The number of fused-ring (bicyclic) bond motifs is 1. The number of carbonyl (C=O) groups is 1. The van der Waals surface area contributed by atoms with Crippen LogP contribution < -0.4 is 5.32 Å². The summed E-state index contributed by atoms with van der Waals surface area (Å²) in [6, 6.07) is 20.7. The summed E-state index contributed by atoms with van der Waals surface area (Å²) in [5.74, 6) is -0.0827. The second-order valence-electron chi connectivity index (χ2n) is 6.53. The van der Waals surface area contributed by atoms with Gasteiger partial charge in [0, 0.05) is 6.08 Å². The first kappa shape index (κ1) is 17.0. The molecule has 1 amide bonds. The Morgan fingerprint density at radius 2 is 1.72 bits per heavy atom. The van der Waals surface area contributed by atoms with Crippen LogP contribution in [0.1, 0.15) is 35.2 Å². The van der Waals surface area contributed by atoms with Crippen LogP contribution in [0.15, 0.2) is 66.7 Å². The van der Waals surface area contributed by atoms with Crippen molar-refractivity contribution in [3.05, 3.63) is 89.0 Å². The summed E-state index contributed by atoms with van der Waals surface area (Å²) in [4.78, 5) is 12.2. The Morgan fingerprint density at radius 1 is 0.960 bits per heavy atom. The first-order valence-electron chi connectivity index (χ1n) is 8.57. The van der Waals surface area contributed by atoms with Crippen LogP contribution in [0.4, 0.5) is 0 Å². The third kappa shape index (κ3) is 4.16. The summed E-state index contributed by atoms with van der Waals surface area (Å²) in [6.07, 6.45) is 3.48. The molecule has 0 aromatic heterocycles. The van der Waals surface area contributed by atoms with Gasteiger partial charge in [-0.3, -0.25) is 4.79 Å². The van der Waals surface area contributed by atoms with E-state index in [0.717, 1.165) is 11.1 Å². The second-order valence-corrected chi connectivity index (χ2v) is 6.53. The van der Waals surface area contributed by atoms with Crippen LogP contribution in [0.5, 0.6) is 0 Å². The molecule has 1 unspecified atom stereocenters. The first-order valence-corrected chi connectivity index (χ1v) is 8.57. The molecular weight excluding hydrogens is 306 g/mol. The van der Waals surface area contributed by atoms with Crippen LogP contribution in [0.3, 0.4) is 0 Å². The molecule has 1 N–H and O–H groups in total. The fourth-order valence-electron chi connectivity index (χ4n) is 3.00. The van der Waals surface area contributed by atoms with E-state index in [1.54, 1.807) is 6.08 Å². The molecule has 0 radical (unpaired) electrons. The number of rotatable bonds is 4. The lowest BCUT2D eigenvalue weighted by Gasteiger charge is -2.14. The molecule has 0 saturated heterocycles. The van der Waals surface area contributed by atoms with Crippen molar-refractivity contribution in [2.75, 3.05) is 0 Å². The number of hydrogen-bond acceptors (Lipinski definition) is 1. The maximum atomic E-state index is 12.2. The first-order chi connectivity index (χ1) is 12.0. The third-order valence-corrected chi connectivity index (χ3v) is 4.47. The standard InChI is InChI=1S/C23H23NO/c1-16-8-9-19(17(2)14-16)12-13-23(25)24-18(3)21-11-10-20-6-4-5-7-22(20)15-21/h4-15,18H,1-3H3,(H,24,25)/b13-12+. The van der Waals surface area contributed by atoms with Crippen molar-refractivity contribution >= 4 is 22.8 Å². The van der Waals surface area contributed by atoms with E-state index >= 15 is 0 Å². The zero-order chi connectivity index (χ0) is 17.8. The lowest BCUT2D eigenvalue weighted by Crippen LogP contribution is -2.24. The molecule has 0 fully saturated rings. The zero-order valence-corrected chi connectivity index (χ0v) is 14.9. The van der Waals surface area contributed by atoms with Gasteiger partial charge in [0.05, 0.1) is 6.04 Å². The molecule has 3 aromatic rings. The van der Waals surface area contributed by atoms with Gasteiger partial charge in [0.2, 0.25) is 5.91 Å². The summed E-state index contributed by atoms with van der Waals surface area (Å²) in [5.41, 5.74) is 4.57. The van der Waals surface area contributed by atoms with Gasteiger partial charge in [-0.15, -0.1) is 0 Å². The summed E-state index contributed by atoms with van der Waals surface area (Å²) in [5, 5.41) is 5.43. The third-order valence-electron chi connectivity index (χ3n) is 4.47. The summed E-state index contributed by atoms with van der Waals surface area (Å²) in [7, 11) is 0. The van der Waals surface area contributed by atoms with Gasteiger partial charge in [-0.2, -0.15) is 0 Å². The van der Waals surface area contributed by atoms with Crippen molar-refractivity contribution in [3.8, 4) is 0 Å². The van der Waals surface area contributed by atoms with Crippen LogP contribution in [-0.2, 0) is 4.79 Å². The van der Waals surface area contributed by atoms with E-state index in [-0.39, 0.29) is 11.9 Å². The monoisotopic (exact) mass is 329 g/mol. The minimum absolute atomic E-state index is 0.0409. The highest BCUT2D eigenvalue weighted by molar-refractivity contribution is 5.92. The van der Waals surface area contributed by atoms with Gasteiger partial charge in [0.15, 0.2) is 0 Å². The Bertz CT molecular complexity index is 940. The van der Waals surface area contributed by atoms with Crippen molar-refractivity contribution < 1.29 is 4.79 Å². The molecule has 0 heterocycles. The zero-order valence-electron chi connectivity index (χ0n) is 14.9. The minimum Gasteiger partial charge on any atom is -0.346 e. The molecule has 0 aliphatic heterocycles. The van der Waals surface area contributed by atoms with E-state index in [0.29, 0.717) is 0 Å². The highest BCUT2D eigenvalue weighted by atomic mass is 16.1. The van der Waals surface area contributed by atoms with Gasteiger partial charge in [-0.1, -0.05) is 60.2 Å². The number of amides is 1. The average molecular weight is 329 g/mol. The maximum absolute atomic E-state index is 12.2. The maximum Gasteiger partial charge on any atom is 0.244 e. The van der Waals surface area contributed by atoms with Gasteiger partial charge in [-0.25, -0.2) is 0 Å². The SMILES string of the molecule is Cc1ccc(/C=C/C(=O)NC(C)c2ccc3ccccc3c2)c(C)c1. The predicted octanol–water partition coefficient (Wildman–Crippen LogP) is 5.35. The minimum atomic E-state index is -0.0827. The van der Waals surface area contributed by atoms with Crippen molar-refractivity contribution in [2.24, 2.45) is 0 Å². The molecule has 0 aliphatic rings. The van der Waals surface area contributed by atoms with Gasteiger partial charge >= 0.3 is 0 Å². The predicted molar refractivity (Wildman–Crippen MR) is 105 cm³/mol. The molecule has 2 heteroatoms. The molecule has 0 spiro atoms. The van der Waals surface area contributed by atoms with Gasteiger partial charge < -0.3 is 5.32 Å². The number of benzene rings is 3. The van der Waals surface area contributed by atoms with E-state index < -0.39 is 0 Å². The molecule has 3 rings (SSSR count). The van der Waals surface area contributed by atoms with Gasteiger partial charge in [0.1, 0.15) is 0 Å². The van der Waals surface area contributed by atoms with Crippen molar-refractivity contribution in [3.63, 3.8) is 0 Å². The Labute approximate surface area is 149 Å². The molecule has 3 aromatic carbocycles. The van der Waals surface area contributed by atoms with Crippen LogP contribution in [0, 0.1) is 13.8 Å². The molecular formula is C23H23NO. The van der Waals surface area contributed by atoms with Crippen LogP contribution in [0.2, 0.25) is 0 Å². The molecule has 25 heavy (non-hydrogen) atoms. The summed E-state index contributed by atoms with van der Waals surface area (Å²) >= 11 is 0. The average Bonchev–Trinajstić information content (AvgIpc) is 2.60. The number of carbonyl (C=O) groups excluding carboxylic acids is 1. The topological polar surface area (TPSA) is 29.1 Å². The van der Waals surface area contributed by atoms with E-state index in [2.05, 4.69) is 61.6 Å². The lowest BCUT2D eigenvalue weighted by atomic mass is 10.0. The van der Waals surface area contributed by atoms with E-state index in [1.807, 2.05) is 31.2 Å². The molecule has 0 saturated carbocycles. The molecule has 0 bridgehead atoms. The quantitative estimate of drug-likeness (QED) is 0.643. The Kier molecular flexibility index (Phi) is 4.99. The fourth-order valence-corrected chi connectivity index (χ4v) is 3.00. The lowest BCUT2D eigenvalue weighted by molar-refractivity contribution is -0.117. The largest absolute Gasteiger partial charge is 0.346 e. The molecule has 1 atom stereocenters. The summed E-state index contributed by atoms with van der Waals surface area (Å²) < 4.78 is 0. The van der Waals surface area contributed by atoms with E-state index in [1.165, 1.54) is 21.9 Å². The number of nitrogens with one attached hydrogen (secondary N) is 1. The summed E-state index contributed by atoms with van der Waals surface area (Å²) in [6.45, 7) is 6.13. The van der Waals surface area contributed by atoms with Crippen LogP contribution in [0.25, 0.3) is 16.8 Å². The Morgan fingerprint density at radius 3 is 2.48 bits per heavy atom. The van der Waals surface area contributed by atoms with Gasteiger partial charge in [0.25, 0.3) is 0 Å². The van der Waals surface area contributed by atoms with Crippen LogP contribution >= 0.6 is 0 Å². The highest BCUT2D eigenvalue weighted by Gasteiger charge is 2.08. The van der Waals surface area contributed by atoms with E-state index in [9.17, 15) is 4.79 Å². The van der Waals surface area contributed by atoms with Crippen molar-refractivity contribution in [1.82, 2.24) is 5.32 Å². The normalized spacial score (nSPS) is 12.4. The molecule has 2 nitrogen and oxygen atoms in total. The molecule has 126 valence electrons. The Balaban J connectivity index is 1.69. The Hall–Kier alpha value is -2.87.